The van der Waals surface area contributed by atoms with Gasteiger partial charge in [0.05, 0.1) is 29.9 Å². The molecule has 1 aliphatic rings. The number of aromatic amines is 1. The number of hydrogen-bond donors (Lipinski definition) is 2. The standard InChI is InChI=1S/C18H17N3O5S/c22-14-10-15(17(23)13-11-20-21-16(13)14)27-9-8-25-7-6-19-18(24)26-12-4-2-1-3-5-12/h1-5,10-11H,6-9H2,(H,19,24)(H,20,21). The first-order valence-electron chi connectivity index (χ1n) is 8.20. The molecule has 0 bridgehead atoms. The molecule has 27 heavy (non-hydrogen) atoms. The van der Waals surface area contributed by atoms with Crippen molar-refractivity contribution in [3.63, 3.8) is 0 Å². The molecule has 0 radical (unpaired) electrons. The van der Waals surface area contributed by atoms with Gasteiger partial charge in [0.15, 0.2) is 0 Å². The molecular formula is C18H17N3O5S. The number of H-pyrrole nitrogens is 1. The summed E-state index contributed by atoms with van der Waals surface area (Å²) in [5.41, 5.74) is 0.529. The zero-order chi connectivity index (χ0) is 19.1. The predicted octanol–water partition coefficient (Wildman–Crippen LogP) is 2.21. The third-order valence-corrected chi connectivity index (χ3v) is 4.56. The van der Waals surface area contributed by atoms with Crippen LogP contribution >= 0.6 is 11.8 Å². The van der Waals surface area contributed by atoms with Gasteiger partial charge in [-0.05, 0) is 12.1 Å². The SMILES string of the molecule is O=C(NCCOCCSC1=CC(=O)c2[nH]ncc2C1=O)Oc1ccccc1. The van der Waals surface area contributed by atoms with Crippen LogP contribution in [0.1, 0.15) is 20.8 Å². The Morgan fingerprint density at radius 1 is 1.19 bits per heavy atom. The summed E-state index contributed by atoms with van der Waals surface area (Å²) < 4.78 is 10.5. The number of thioether (sulfide) groups is 1. The van der Waals surface area contributed by atoms with Crippen LogP contribution in [-0.4, -0.2) is 53.4 Å². The highest BCUT2D eigenvalue weighted by atomic mass is 32.2. The Labute approximate surface area is 159 Å². The maximum Gasteiger partial charge on any atom is 0.412 e. The summed E-state index contributed by atoms with van der Waals surface area (Å²) in [5.74, 6) is 0.500. The van der Waals surface area contributed by atoms with Crippen molar-refractivity contribution in [2.24, 2.45) is 0 Å². The first-order valence-corrected chi connectivity index (χ1v) is 9.19. The number of hydrogen-bond acceptors (Lipinski definition) is 7. The number of para-hydroxylation sites is 1. The summed E-state index contributed by atoms with van der Waals surface area (Å²) in [6.07, 6.45) is 2.13. The van der Waals surface area contributed by atoms with E-state index in [1.165, 1.54) is 24.0 Å². The Hall–Kier alpha value is -2.91. The number of Topliss-reactive ketones (excluding diaryl/α,β-unsaturated/α-hetero) is 1. The highest BCUT2D eigenvalue weighted by Crippen LogP contribution is 2.26. The third-order valence-electron chi connectivity index (χ3n) is 3.57. The molecule has 0 aliphatic heterocycles. The zero-order valence-electron chi connectivity index (χ0n) is 14.3. The molecule has 1 aromatic carbocycles. The maximum atomic E-state index is 12.2. The minimum absolute atomic E-state index is 0.214. The first kappa shape index (κ1) is 18.9. The van der Waals surface area contributed by atoms with Gasteiger partial charge in [0.2, 0.25) is 11.6 Å². The third kappa shape index (κ3) is 5.05. The normalized spacial score (nSPS) is 13.1. The van der Waals surface area contributed by atoms with Crippen molar-refractivity contribution < 1.29 is 23.9 Å². The van der Waals surface area contributed by atoms with E-state index in [0.717, 1.165) is 0 Å². The van der Waals surface area contributed by atoms with Crippen molar-refractivity contribution in [3.05, 3.63) is 58.8 Å². The van der Waals surface area contributed by atoms with Crippen LogP contribution < -0.4 is 10.1 Å². The maximum absolute atomic E-state index is 12.2. The molecule has 0 atom stereocenters. The van der Waals surface area contributed by atoms with Gasteiger partial charge in [0.25, 0.3) is 0 Å². The smallest absolute Gasteiger partial charge is 0.410 e. The Bertz CT molecular complexity index is 863. The number of ketones is 2. The lowest BCUT2D eigenvalue weighted by atomic mass is 10.0. The Balaban J connectivity index is 1.29. The summed E-state index contributed by atoms with van der Waals surface area (Å²) in [6.45, 7) is 0.980. The Morgan fingerprint density at radius 2 is 2.00 bits per heavy atom. The Kier molecular flexibility index (Phi) is 6.39. The molecule has 1 heterocycles. The van der Waals surface area contributed by atoms with Gasteiger partial charge in [-0.25, -0.2) is 4.79 Å². The highest BCUT2D eigenvalue weighted by molar-refractivity contribution is 8.04. The summed E-state index contributed by atoms with van der Waals surface area (Å²) >= 11 is 1.25. The number of allylic oxidation sites excluding steroid dienone is 2. The molecule has 1 aliphatic carbocycles. The van der Waals surface area contributed by atoms with E-state index in [1.54, 1.807) is 24.3 Å². The highest BCUT2D eigenvalue weighted by Gasteiger charge is 2.27. The van der Waals surface area contributed by atoms with Gasteiger partial charge >= 0.3 is 6.09 Å². The van der Waals surface area contributed by atoms with Gasteiger partial charge < -0.3 is 14.8 Å². The van der Waals surface area contributed by atoms with Crippen LogP contribution in [0.15, 0.2) is 47.5 Å². The number of carbonyl (C=O) groups is 3. The minimum Gasteiger partial charge on any atom is -0.410 e. The van der Waals surface area contributed by atoms with E-state index in [1.807, 2.05) is 6.07 Å². The van der Waals surface area contributed by atoms with Gasteiger partial charge in [0, 0.05) is 18.4 Å². The average molecular weight is 387 g/mol. The van der Waals surface area contributed by atoms with Gasteiger partial charge in [-0.3, -0.25) is 14.7 Å². The minimum atomic E-state index is -0.549. The van der Waals surface area contributed by atoms with Crippen molar-refractivity contribution >= 4 is 29.4 Å². The second-order valence-electron chi connectivity index (χ2n) is 5.45. The van der Waals surface area contributed by atoms with E-state index in [4.69, 9.17) is 9.47 Å². The molecule has 8 nitrogen and oxygen atoms in total. The molecule has 0 saturated carbocycles. The first-order chi connectivity index (χ1) is 13.1. The quantitative estimate of drug-likeness (QED) is 0.668. The van der Waals surface area contributed by atoms with Crippen LogP contribution in [0.25, 0.3) is 0 Å². The molecule has 2 aromatic rings. The summed E-state index contributed by atoms with van der Waals surface area (Å²) in [6, 6.07) is 8.75. The fourth-order valence-electron chi connectivity index (χ4n) is 2.31. The number of nitrogens with zero attached hydrogens (tertiary/aromatic N) is 1. The molecule has 0 unspecified atom stereocenters. The van der Waals surface area contributed by atoms with Gasteiger partial charge in [-0.2, -0.15) is 5.10 Å². The molecule has 0 spiro atoms. The molecule has 0 fully saturated rings. The lowest BCUT2D eigenvalue weighted by Gasteiger charge is -2.11. The van der Waals surface area contributed by atoms with Crippen molar-refractivity contribution in [1.82, 2.24) is 15.5 Å². The van der Waals surface area contributed by atoms with Crippen LogP contribution in [0, 0.1) is 0 Å². The monoisotopic (exact) mass is 387 g/mol. The topological polar surface area (TPSA) is 110 Å². The second-order valence-corrected chi connectivity index (χ2v) is 6.59. The molecule has 3 rings (SSSR count). The number of carbonyl (C=O) groups excluding carboxylic acids is 3. The van der Waals surface area contributed by atoms with Gasteiger partial charge in [-0.1, -0.05) is 18.2 Å². The van der Waals surface area contributed by atoms with E-state index in [9.17, 15) is 14.4 Å². The van der Waals surface area contributed by atoms with Gasteiger partial charge in [0.1, 0.15) is 11.4 Å². The van der Waals surface area contributed by atoms with Crippen molar-refractivity contribution in [2.75, 3.05) is 25.5 Å². The van der Waals surface area contributed by atoms with Crippen LogP contribution in [0.3, 0.4) is 0 Å². The number of fused-ring (bicyclic) bond motifs is 1. The molecule has 0 saturated heterocycles. The molecule has 140 valence electrons. The lowest BCUT2D eigenvalue weighted by Crippen LogP contribution is -2.30. The van der Waals surface area contributed by atoms with E-state index in [2.05, 4.69) is 15.5 Å². The van der Waals surface area contributed by atoms with Gasteiger partial charge in [-0.15, -0.1) is 11.8 Å². The molecule has 2 N–H and O–H groups in total. The number of rotatable bonds is 8. The van der Waals surface area contributed by atoms with E-state index >= 15 is 0 Å². The van der Waals surface area contributed by atoms with Crippen LogP contribution in [0.2, 0.25) is 0 Å². The fraction of sp³-hybridized carbons (Fsp3) is 0.222. The molecule has 1 aromatic heterocycles. The summed E-state index contributed by atoms with van der Waals surface area (Å²) in [7, 11) is 0. The number of ether oxygens (including phenoxy) is 2. The van der Waals surface area contributed by atoms with Crippen LogP contribution in [0.4, 0.5) is 4.79 Å². The van der Waals surface area contributed by atoms with E-state index in [-0.39, 0.29) is 17.3 Å². The largest absolute Gasteiger partial charge is 0.412 e. The van der Waals surface area contributed by atoms with Crippen molar-refractivity contribution in [1.29, 1.82) is 0 Å². The van der Waals surface area contributed by atoms with Crippen LogP contribution in [0.5, 0.6) is 5.75 Å². The van der Waals surface area contributed by atoms with Crippen molar-refractivity contribution in [2.45, 2.75) is 0 Å². The Morgan fingerprint density at radius 3 is 2.81 bits per heavy atom. The van der Waals surface area contributed by atoms with E-state index < -0.39 is 6.09 Å². The van der Waals surface area contributed by atoms with E-state index in [0.29, 0.717) is 41.7 Å². The van der Waals surface area contributed by atoms with Crippen molar-refractivity contribution in [3.8, 4) is 5.75 Å². The number of benzene rings is 1. The molecule has 1 amide bonds. The summed E-state index contributed by atoms with van der Waals surface area (Å²) in [5, 5.41) is 8.84. The predicted molar refractivity (Wildman–Crippen MR) is 99.1 cm³/mol. The zero-order valence-corrected chi connectivity index (χ0v) is 15.1. The molecule has 9 heteroatoms. The lowest BCUT2D eigenvalue weighted by molar-refractivity contribution is 0.0989. The number of aromatic nitrogens is 2. The fourth-order valence-corrected chi connectivity index (χ4v) is 3.16. The number of amides is 1. The van der Waals surface area contributed by atoms with Crippen LogP contribution in [-0.2, 0) is 4.74 Å². The number of nitrogens with one attached hydrogen (secondary N) is 2. The summed E-state index contributed by atoms with van der Waals surface area (Å²) in [4.78, 5) is 36.0. The average Bonchev–Trinajstić information content (AvgIpc) is 3.16. The molecular weight excluding hydrogens is 370 g/mol. The second kappa shape index (κ2) is 9.15.